The van der Waals surface area contributed by atoms with Gasteiger partial charge >= 0.3 is 6.18 Å². The van der Waals surface area contributed by atoms with E-state index in [1.54, 1.807) is 0 Å². The van der Waals surface area contributed by atoms with Crippen LogP contribution in [0.2, 0.25) is 0 Å². The molecule has 0 amide bonds. The fraction of sp³-hybridized carbons (Fsp3) is 0.0556. The molecule has 0 spiro atoms. The van der Waals surface area contributed by atoms with Crippen LogP contribution in [0.5, 0.6) is 0 Å². The first-order chi connectivity index (χ1) is 11.7. The summed E-state index contributed by atoms with van der Waals surface area (Å²) in [5.41, 5.74) is -1.83. The predicted molar refractivity (Wildman–Crippen MR) is 87.2 cm³/mol. The summed E-state index contributed by atoms with van der Waals surface area (Å²) in [4.78, 5) is 37.0. The number of ketones is 3. The lowest BCUT2D eigenvalue weighted by atomic mass is 9.93. The van der Waals surface area contributed by atoms with Gasteiger partial charge in [0.1, 0.15) is 0 Å². The Morgan fingerprint density at radius 2 is 1.32 bits per heavy atom. The number of carbonyl (C=O) groups excluding carboxylic acids is 3. The number of benzene rings is 2. The van der Waals surface area contributed by atoms with Crippen molar-refractivity contribution in [3.63, 3.8) is 0 Å². The molecule has 0 N–H and O–H groups in total. The average Bonchev–Trinajstić information content (AvgIpc) is 2.81. The van der Waals surface area contributed by atoms with Gasteiger partial charge in [0.05, 0.1) is 5.57 Å². The van der Waals surface area contributed by atoms with Crippen molar-refractivity contribution in [2.45, 2.75) is 6.18 Å². The van der Waals surface area contributed by atoms with Gasteiger partial charge in [-0.25, -0.2) is 0 Å². The Balaban J connectivity index is 2.30. The van der Waals surface area contributed by atoms with Crippen LogP contribution in [0.3, 0.4) is 0 Å². The van der Waals surface area contributed by atoms with E-state index in [-0.39, 0.29) is 16.7 Å². The summed E-state index contributed by atoms with van der Waals surface area (Å²) in [6.07, 6.45) is -5.22. The number of carbonyl (C=O) groups is 3. The molecule has 0 radical (unpaired) electrons. The van der Waals surface area contributed by atoms with Crippen LogP contribution in [0.4, 0.5) is 13.2 Å². The fourth-order valence-corrected chi connectivity index (χ4v) is 2.89. The molecule has 2 aromatic carbocycles. The van der Waals surface area contributed by atoms with Crippen molar-refractivity contribution in [2.75, 3.05) is 0 Å². The standard InChI is InChI=1S/C18H8BrF3O3/c19-10-7-5-9(6-8-10)13(17(25)18(20,21)22)14-15(23)11-3-1-2-4-12(11)16(14)24/h1-8H. The van der Waals surface area contributed by atoms with Gasteiger partial charge in [0, 0.05) is 21.2 Å². The molecule has 0 heterocycles. The van der Waals surface area contributed by atoms with Gasteiger partial charge in [-0.05, 0) is 17.7 Å². The van der Waals surface area contributed by atoms with Crippen molar-refractivity contribution in [1.29, 1.82) is 0 Å². The molecular weight excluding hydrogens is 401 g/mol. The Bertz CT molecular complexity index is 904. The van der Waals surface area contributed by atoms with Gasteiger partial charge in [0.25, 0.3) is 5.78 Å². The van der Waals surface area contributed by atoms with Gasteiger partial charge < -0.3 is 0 Å². The molecule has 3 nitrogen and oxygen atoms in total. The molecule has 1 aliphatic carbocycles. The first kappa shape index (κ1) is 17.3. The topological polar surface area (TPSA) is 51.2 Å². The lowest BCUT2D eigenvalue weighted by Gasteiger charge is -2.12. The minimum Gasteiger partial charge on any atom is -0.288 e. The Labute approximate surface area is 148 Å². The van der Waals surface area contributed by atoms with Crippen LogP contribution < -0.4 is 0 Å². The molecule has 1 aliphatic rings. The Hall–Kier alpha value is -2.54. The predicted octanol–water partition coefficient (Wildman–Crippen LogP) is 4.41. The SMILES string of the molecule is O=C1C(=C(C(=O)C(F)(F)F)c2ccc(Br)cc2)C(=O)c2ccccc21. The molecule has 0 saturated heterocycles. The molecule has 126 valence electrons. The number of hydrogen-bond acceptors (Lipinski definition) is 3. The molecular formula is C18H8BrF3O3. The van der Waals surface area contributed by atoms with E-state index in [0.29, 0.717) is 4.47 Å². The maximum Gasteiger partial charge on any atom is 0.454 e. The highest BCUT2D eigenvalue weighted by Gasteiger charge is 2.46. The number of halogens is 4. The van der Waals surface area contributed by atoms with E-state index < -0.39 is 34.7 Å². The third-order valence-corrected chi connectivity index (χ3v) is 4.27. The molecule has 0 aliphatic heterocycles. The molecule has 0 atom stereocenters. The third kappa shape index (κ3) is 2.95. The van der Waals surface area contributed by atoms with Gasteiger partial charge in [0.2, 0.25) is 0 Å². The zero-order valence-corrected chi connectivity index (χ0v) is 13.9. The molecule has 0 saturated carbocycles. The maximum absolute atomic E-state index is 13.1. The number of hydrogen-bond donors (Lipinski definition) is 0. The highest BCUT2D eigenvalue weighted by Crippen LogP contribution is 2.36. The monoisotopic (exact) mass is 408 g/mol. The van der Waals surface area contributed by atoms with Gasteiger partial charge in [-0.2, -0.15) is 13.2 Å². The van der Waals surface area contributed by atoms with E-state index in [9.17, 15) is 27.6 Å². The number of rotatable bonds is 2. The lowest BCUT2D eigenvalue weighted by Crippen LogP contribution is -2.26. The highest BCUT2D eigenvalue weighted by molar-refractivity contribution is 9.10. The second-order valence-corrected chi connectivity index (χ2v) is 6.20. The number of allylic oxidation sites excluding steroid dienone is 2. The van der Waals surface area contributed by atoms with Crippen molar-refractivity contribution in [1.82, 2.24) is 0 Å². The van der Waals surface area contributed by atoms with Gasteiger partial charge in [0.15, 0.2) is 11.6 Å². The molecule has 0 bridgehead atoms. The lowest BCUT2D eigenvalue weighted by molar-refractivity contribution is -0.164. The number of alkyl halides is 3. The first-order valence-corrected chi connectivity index (χ1v) is 7.81. The summed E-state index contributed by atoms with van der Waals surface area (Å²) in [5.74, 6) is -3.98. The summed E-state index contributed by atoms with van der Waals surface area (Å²) in [6, 6.07) is 11.0. The zero-order chi connectivity index (χ0) is 18.4. The Kier molecular flexibility index (Phi) is 4.20. The largest absolute Gasteiger partial charge is 0.454 e. The van der Waals surface area contributed by atoms with E-state index in [2.05, 4.69) is 15.9 Å². The first-order valence-electron chi connectivity index (χ1n) is 7.02. The van der Waals surface area contributed by atoms with Crippen LogP contribution in [-0.2, 0) is 4.79 Å². The minimum atomic E-state index is -5.22. The van der Waals surface area contributed by atoms with Gasteiger partial charge in [-0.1, -0.05) is 52.3 Å². The second kappa shape index (κ2) is 6.07. The van der Waals surface area contributed by atoms with Gasteiger partial charge in [-0.15, -0.1) is 0 Å². The second-order valence-electron chi connectivity index (χ2n) is 5.29. The molecule has 2 aromatic rings. The zero-order valence-electron chi connectivity index (χ0n) is 12.4. The van der Waals surface area contributed by atoms with Crippen molar-refractivity contribution < 1.29 is 27.6 Å². The normalized spacial score (nSPS) is 13.8. The molecule has 0 aromatic heterocycles. The summed E-state index contributed by atoms with van der Waals surface area (Å²) in [6.45, 7) is 0. The van der Waals surface area contributed by atoms with Gasteiger partial charge in [-0.3, -0.25) is 14.4 Å². The van der Waals surface area contributed by atoms with Crippen LogP contribution in [0, 0.1) is 0 Å². The van der Waals surface area contributed by atoms with Crippen molar-refractivity contribution in [3.8, 4) is 0 Å². The minimum absolute atomic E-state index is 0.00733. The summed E-state index contributed by atoms with van der Waals surface area (Å²) in [5, 5.41) is 0. The van der Waals surface area contributed by atoms with Crippen LogP contribution in [0.25, 0.3) is 5.57 Å². The molecule has 7 heteroatoms. The number of fused-ring (bicyclic) bond motifs is 1. The molecule has 25 heavy (non-hydrogen) atoms. The summed E-state index contributed by atoms with van der Waals surface area (Å²) in [7, 11) is 0. The fourth-order valence-electron chi connectivity index (χ4n) is 2.63. The smallest absolute Gasteiger partial charge is 0.288 e. The molecule has 0 unspecified atom stereocenters. The van der Waals surface area contributed by atoms with E-state index in [4.69, 9.17) is 0 Å². The van der Waals surface area contributed by atoms with Crippen molar-refractivity contribution in [3.05, 3.63) is 75.3 Å². The maximum atomic E-state index is 13.1. The van der Waals surface area contributed by atoms with E-state index in [0.717, 1.165) is 0 Å². The summed E-state index contributed by atoms with van der Waals surface area (Å²) >= 11 is 3.14. The third-order valence-electron chi connectivity index (χ3n) is 3.74. The van der Waals surface area contributed by atoms with Crippen molar-refractivity contribution >= 4 is 38.9 Å². The Morgan fingerprint density at radius 1 is 0.840 bits per heavy atom. The Morgan fingerprint density at radius 3 is 1.76 bits per heavy atom. The van der Waals surface area contributed by atoms with E-state index in [1.807, 2.05) is 0 Å². The van der Waals surface area contributed by atoms with E-state index >= 15 is 0 Å². The molecule has 0 fully saturated rings. The number of Topliss-reactive ketones (excluding diaryl/α,β-unsaturated/α-hetero) is 3. The highest BCUT2D eigenvalue weighted by atomic mass is 79.9. The van der Waals surface area contributed by atoms with Crippen molar-refractivity contribution in [2.24, 2.45) is 0 Å². The van der Waals surface area contributed by atoms with Crippen LogP contribution >= 0.6 is 15.9 Å². The quantitative estimate of drug-likeness (QED) is 0.546. The van der Waals surface area contributed by atoms with Crippen LogP contribution in [-0.4, -0.2) is 23.5 Å². The van der Waals surface area contributed by atoms with Crippen LogP contribution in [0.15, 0.2) is 58.6 Å². The summed E-state index contributed by atoms with van der Waals surface area (Å²) < 4.78 is 39.8. The molecule has 3 rings (SSSR count). The van der Waals surface area contributed by atoms with E-state index in [1.165, 1.54) is 48.5 Å². The average molecular weight is 409 g/mol. The van der Waals surface area contributed by atoms with Crippen LogP contribution in [0.1, 0.15) is 26.3 Å².